The molecule has 1 saturated heterocycles. The van der Waals surface area contributed by atoms with Gasteiger partial charge in [0.2, 0.25) is 0 Å². The molecule has 1 atom stereocenters. The maximum atomic E-state index is 4.92. The first kappa shape index (κ1) is 17.6. The molecular formula is C18H36N4. The standard InChI is InChI=1S/C18H36N4/c1-4-18(10-6-7-11-18)15-21-17(19-5-2)20-13-16-9-8-12-22(3)14-16/h16H,4-15H2,1-3H3,(H2,19,20,21). The summed E-state index contributed by atoms with van der Waals surface area (Å²) in [7, 11) is 2.23. The van der Waals surface area contributed by atoms with E-state index in [0.717, 1.165) is 31.5 Å². The molecule has 1 heterocycles. The summed E-state index contributed by atoms with van der Waals surface area (Å²) in [6.07, 6.45) is 9.44. The molecule has 0 spiro atoms. The van der Waals surface area contributed by atoms with Crippen LogP contribution in [0.15, 0.2) is 4.99 Å². The minimum Gasteiger partial charge on any atom is -0.357 e. The second-order valence-corrected chi connectivity index (χ2v) is 7.41. The van der Waals surface area contributed by atoms with Crippen LogP contribution in [0.25, 0.3) is 0 Å². The number of nitrogens with zero attached hydrogens (tertiary/aromatic N) is 2. The van der Waals surface area contributed by atoms with Crippen LogP contribution in [0, 0.1) is 11.3 Å². The van der Waals surface area contributed by atoms with Gasteiger partial charge in [0.05, 0.1) is 0 Å². The first-order valence-corrected chi connectivity index (χ1v) is 9.38. The highest BCUT2D eigenvalue weighted by molar-refractivity contribution is 5.79. The van der Waals surface area contributed by atoms with Crippen molar-refractivity contribution >= 4 is 5.96 Å². The Kier molecular flexibility index (Phi) is 7.00. The van der Waals surface area contributed by atoms with E-state index in [-0.39, 0.29) is 0 Å². The molecular weight excluding hydrogens is 272 g/mol. The first-order chi connectivity index (χ1) is 10.7. The first-order valence-electron chi connectivity index (χ1n) is 9.38. The van der Waals surface area contributed by atoms with E-state index in [1.54, 1.807) is 0 Å². The van der Waals surface area contributed by atoms with E-state index < -0.39 is 0 Å². The Labute approximate surface area is 137 Å². The third-order valence-corrected chi connectivity index (χ3v) is 5.61. The lowest BCUT2D eigenvalue weighted by Crippen LogP contribution is -2.44. The predicted octanol–water partition coefficient (Wildman–Crippen LogP) is 2.85. The zero-order chi connectivity index (χ0) is 15.8. The van der Waals surface area contributed by atoms with Crippen LogP contribution >= 0.6 is 0 Å². The van der Waals surface area contributed by atoms with Crippen LogP contribution < -0.4 is 10.6 Å². The fourth-order valence-electron chi connectivity index (χ4n) is 4.02. The van der Waals surface area contributed by atoms with Crippen molar-refractivity contribution in [3.8, 4) is 0 Å². The molecule has 2 rings (SSSR count). The number of piperidine rings is 1. The molecule has 0 bridgehead atoms. The zero-order valence-corrected chi connectivity index (χ0v) is 15.0. The Bertz CT molecular complexity index is 347. The van der Waals surface area contributed by atoms with Gasteiger partial charge in [0.25, 0.3) is 0 Å². The third kappa shape index (κ3) is 5.15. The quantitative estimate of drug-likeness (QED) is 0.585. The van der Waals surface area contributed by atoms with E-state index >= 15 is 0 Å². The van der Waals surface area contributed by atoms with Gasteiger partial charge in [0.1, 0.15) is 0 Å². The van der Waals surface area contributed by atoms with Crippen molar-refractivity contribution in [2.24, 2.45) is 16.3 Å². The smallest absolute Gasteiger partial charge is 0.191 e. The Balaban J connectivity index is 1.84. The topological polar surface area (TPSA) is 39.7 Å². The fraction of sp³-hybridized carbons (Fsp3) is 0.944. The lowest BCUT2D eigenvalue weighted by molar-refractivity contribution is 0.210. The zero-order valence-electron chi connectivity index (χ0n) is 15.0. The number of likely N-dealkylation sites (tertiary alicyclic amines) is 1. The highest BCUT2D eigenvalue weighted by Gasteiger charge is 2.31. The molecule has 1 unspecified atom stereocenters. The van der Waals surface area contributed by atoms with Gasteiger partial charge in [0, 0.05) is 26.2 Å². The molecule has 128 valence electrons. The Morgan fingerprint density at radius 3 is 2.59 bits per heavy atom. The maximum Gasteiger partial charge on any atom is 0.191 e. The summed E-state index contributed by atoms with van der Waals surface area (Å²) in [6.45, 7) is 9.93. The van der Waals surface area contributed by atoms with Crippen molar-refractivity contribution in [2.75, 3.05) is 39.8 Å². The van der Waals surface area contributed by atoms with Crippen LogP contribution in [0.5, 0.6) is 0 Å². The number of nitrogens with one attached hydrogen (secondary N) is 2. The van der Waals surface area contributed by atoms with Crippen LogP contribution in [0.2, 0.25) is 0 Å². The molecule has 0 radical (unpaired) electrons. The molecule has 0 aromatic heterocycles. The Hall–Kier alpha value is -0.770. The molecule has 2 aliphatic rings. The summed E-state index contributed by atoms with van der Waals surface area (Å²) in [4.78, 5) is 7.37. The summed E-state index contributed by atoms with van der Waals surface area (Å²) in [6, 6.07) is 0. The van der Waals surface area contributed by atoms with Crippen molar-refractivity contribution in [3.63, 3.8) is 0 Å². The van der Waals surface area contributed by atoms with Gasteiger partial charge in [0.15, 0.2) is 5.96 Å². The second-order valence-electron chi connectivity index (χ2n) is 7.41. The van der Waals surface area contributed by atoms with E-state index in [1.807, 2.05) is 0 Å². The molecule has 0 aromatic rings. The summed E-state index contributed by atoms with van der Waals surface area (Å²) >= 11 is 0. The van der Waals surface area contributed by atoms with Crippen molar-refractivity contribution in [1.82, 2.24) is 15.5 Å². The average Bonchev–Trinajstić information content (AvgIpc) is 3.00. The lowest BCUT2D eigenvalue weighted by Gasteiger charge is -2.30. The predicted molar refractivity (Wildman–Crippen MR) is 95.4 cm³/mol. The van der Waals surface area contributed by atoms with Crippen molar-refractivity contribution in [1.29, 1.82) is 0 Å². The van der Waals surface area contributed by atoms with E-state index in [2.05, 4.69) is 36.4 Å². The molecule has 1 aliphatic carbocycles. The highest BCUT2D eigenvalue weighted by Crippen LogP contribution is 2.41. The molecule has 4 nitrogen and oxygen atoms in total. The van der Waals surface area contributed by atoms with Crippen LogP contribution in [0.4, 0.5) is 0 Å². The molecule has 1 saturated carbocycles. The van der Waals surface area contributed by atoms with Crippen molar-refractivity contribution in [2.45, 2.75) is 58.8 Å². The minimum absolute atomic E-state index is 0.480. The molecule has 4 heteroatoms. The number of hydrogen-bond donors (Lipinski definition) is 2. The summed E-state index contributed by atoms with van der Waals surface area (Å²) in [5.74, 6) is 1.78. The molecule has 2 N–H and O–H groups in total. The van der Waals surface area contributed by atoms with E-state index in [1.165, 1.54) is 58.0 Å². The van der Waals surface area contributed by atoms with Gasteiger partial charge in [-0.2, -0.15) is 0 Å². The summed E-state index contributed by atoms with van der Waals surface area (Å²) in [5, 5.41) is 7.01. The lowest BCUT2D eigenvalue weighted by atomic mass is 9.84. The number of aliphatic imine (C=N–C) groups is 1. The normalized spacial score (nSPS) is 26.1. The molecule has 22 heavy (non-hydrogen) atoms. The largest absolute Gasteiger partial charge is 0.357 e. The maximum absolute atomic E-state index is 4.92. The molecule has 0 aromatic carbocycles. The summed E-state index contributed by atoms with van der Waals surface area (Å²) in [5.41, 5.74) is 0.480. The minimum atomic E-state index is 0.480. The van der Waals surface area contributed by atoms with Crippen LogP contribution in [0.1, 0.15) is 58.8 Å². The second kappa shape index (κ2) is 8.76. The van der Waals surface area contributed by atoms with E-state index in [9.17, 15) is 0 Å². The van der Waals surface area contributed by atoms with E-state index in [4.69, 9.17) is 4.99 Å². The van der Waals surface area contributed by atoms with Gasteiger partial charge in [-0.25, -0.2) is 0 Å². The van der Waals surface area contributed by atoms with Gasteiger partial charge < -0.3 is 15.5 Å². The molecule has 0 amide bonds. The monoisotopic (exact) mass is 308 g/mol. The van der Waals surface area contributed by atoms with E-state index in [0.29, 0.717) is 5.41 Å². The Morgan fingerprint density at radius 1 is 1.18 bits per heavy atom. The fourth-order valence-corrected chi connectivity index (χ4v) is 4.02. The molecule has 1 aliphatic heterocycles. The summed E-state index contributed by atoms with van der Waals surface area (Å²) < 4.78 is 0. The third-order valence-electron chi connectivity index (χ3n) is 5.61. The van der Waals surface area contributed by atoms with Gasteiger partial charge >= 0.3 is 0 Å². The van der Waals surface area contributed by atoms with Gasteiger partial charge in [-0.15, -0.1) is 0 Å². The number of guanidine groups is 1. The van der Waals surface area contributed by atoms with Crippen LogP contribution in [-0.4, -0.2) is 50.6 Å². The number of hydrogen-bond acceptors (Lipinski definition) is 2. The molecule has 2 fully saturated rings. The van der Waals surface area contributed by atoms with Crippen molar-refractivity contribution in [3.05, 3.63) is 0 Å². The van der Waals surface area contributed by atoms with Crippen molar-refractivity contribution < 1.29 is 0 Å². The van der Waals surface area contributed by atoms with Crippen LogP contribution in [-0.2, 0) is 0 Å². The highest BCUT2D eigenvalue weighted by atomic mass is 15.2. The number of rotatable bonds is 6. The SMILES string of the molecule is CCNC(=NCC1(CC)CCCC1)NCC1CCCN(C)C1. The average molecular weight is 309 g/mol. The van der Waals surface area contributed by atoms with Gasteiger partial charge in [-0.05, 0) is 64.0 Å². The van der Waals surface area contributed by atoms with Gasteiger partial charge in [-0.1, -0.05) is 19.8 Å². The van der Waals surface area contributed by atoms with Gasteiger partial charge in [-0.3, -0.25) is 4.99 Å². The Morgan fingerprint density at radius 2 is 1.95 bits per heavy atom. The van der Waals surface area contributed by atoms with Crippen LogP contribution in [0.3, 0.4) is 0 Å².